The van der Waals surface area contributed by atoms with Gasteiger partial charge < -0.3 is 4.90 Å². The number of amides is 1. The van der Waals surface area contributed by atoms with E-state index in [-0.39, 0.29) is 29.5 Å². The fraction of sp³-hybridized carbons (Fsp3) is 0.280. The zero-order valence-corrected chi connectivity index (χ0v) is 18.5. The second-order valence-electron chi connectivity index (χ2n) is 8.45. The van der Waals surface area contributed by atoms with E-state index < -0.39 is 9.84 Å². The third kappa shape index (κ3) is 4.39. The van der Waals surface area contributed by atoms with Crippen LogP contribution in [0.1, 0.15) is 24.8 Å². The lowest BCUT2D eigenvalue weighted by molar-refractivity contribution is -0.128. The fourth-order valence-corrected chi connectivity index (χ4v) is 6.01. The number of benzene rings is 2. The molecule has 0 N–H and O–H groups in total. The van der Waals surface area contributed by atoms with Crippen molar-refractivity contribution in [1.29, 1.82) is 0 Å². The Morgan fingerprint density at radius 2 is 1.66 bits per heavy atom. The first kappa shape index (κ1) is 20.7. The van der Waals surface area contributed by atoms with Crippen LogP contribution in [0.15, 0.2) is 72.9 Å². The molecule has 164 valence electrons. The highest BCUT2D eigenvalue weighted by atomic mass is 32.2. The van der Waals surface area contributed by atoms with Crippen molar-refractivity contribution in [3.05, 3.63) is 78.5 Å². The van der Waals surface area contributed by atoms with Crippen LogP contribution >= 0.6 is 0 Å². The molecular weight excluding hydrogens is 422 g/mol. The van der Waals surface area contributed by atoms with Crippen LogP contribution in [0.25, 0.3) is 23.0 Å². The molecule has 2 heterocycles. The Morgan fingerprint density at radius 1 is 0.969 bits per heavy atom. The zero-order valence-electron chi connectivity index (χ0n) is 17.7. The number of aromatic nitrogens is 2. The van der Waals surface area contributed by atoms with E-state index in [2.05, 4.69) is 0 Å². The van der Waals surface area contributed by atoms with Gasteiger partial charge in [-0.1, -0.05) is 48.5 Å². The fourth-order valence-electron chi connectivity index (χ4n) is 4.30. The van der Waals surface area contributed by atoms with Crippen LogP contribution in [0.4, 0.5) is 0 Å². The molecule has 2 fully saturated rings. The van der Waals surface area contributed by atoms with Gasteiger partial charge in [-0.05, 0) is 37.5 Å². The molecule has 7 heteroatoms. The molecule has 1 saturated carbocycles. The standard InChI is InChI=1S/C25H25N3O3S/c29-24(28(22-12-13-22)23-15-16-32(30,31)18-23)14-11-20-17-27(21-9-5-2-6-10-21)26-25(20)19-7-3-1-4-8-19/h1-11,14,17,22-23H,12-13,15-16,18H2. The van der Waals surface area contributed by atoms with Crippen molar-refractivity contribution in [2.45, 2.75) is 31.3 Å². The van der Waals surface area contributed by atoms with Gasteiger partial charge in [0, 0.05) is 35.5 Å². The van der Waals surface area contributed by atoms with Gasteiger partial charge in [0.15, 0.2) is 9.84 Å². The molecule has 0 radical (unpaired) electrons. The van der Waals surface area contributed by atoms with Gasteiger partial charge in [0.2, 0.25) is 5.91 Å². The van der Waals surface area contributed by atoms with E-state index in [9.17, 15) is 13.2 Å². The van der Waals surface area contributed by atoms with Gasteiger partial charge in [0.05, 0.1) is 22.9 Å². The number of sulfone groups is 1. The number of hydrogen-bond donors (Lipinski definition) is 0. The Hall–Kier alpha value is -3.19. The summed E-state index contributed by atoms with van der Waals surface area (Å²) >= 11 is 0. The molecule has 5 rings (SSSR count). The molecule has 1 amide bonds. The summed E-state index contributed by atoms with van der Waals surface area (Å²) in [5, 5.41) is 4.78. The Labute approximate surface area is 188 Å². The van der Waals surface area contributed by atoms with Crippen molar-refractivity contribution < 1.29 is 13.2 Å². The lowest BCUT2D eigenvalue weighted by Crippen LogP contribution is -2.41. The molecule has 3 aromatic rings. The molecule has 2 aliphatic rings. The minimum atomic E-state index is -3.05. The SMILES string of the molecule is O=C(C=Cc1cn(-c2ccccc2)nc1-c1ccccc1)N(C1CC1)C1CCS(=O)(=O)C1. The molecule has 1 saturated heterocycles. The van der Waals surface area contributed by atoms with Crippen molar-refractivity contribution in [2.24, 2.45) is 0 Å². The molecule has 1 aliphatic heterocycles. The molecular formula is C25H25N3O3S. The summed E-state index contributed by atoms with van der Waals surface area (Å²) in [6.07, 6.45) is 7.70. The zero-order chi connectivity index (χ0) is 22.1. The first-order valence-corrected chi connectivity index (χ1v) is 12.7. The van der Waals surface area contributed by atoms with Gasteiger partial charge in [-0.15, -0.1) is 0 Å². The van der Waals surface area contributed by atoms with Crippen LogP contribution in [0.2, 0.25) is 0 Å². The molecule has 1 aromatic heterocycles. The molecule has 1 aliphatic carbocycles. The van der Waals surface area contributed by atoms with E-state index in [1.807, 2.05) is 71.5 Å². The van der Waals surface area contributed by atoms with Crippen molar-refractivity contribution in [3.8, 4) is 16.9 Å². The average Bonchev–Trinajstić information content (AvgIpc) is 3.43. The van der Waals surface area contributed by atoms with Crippen LogP contribution in [0, 0.1) is 0 Å². The van der Waals surface area contributed by atoms with Crippen LogP contribution in [-0.4, -0.2) is 52.6 Å². The minimum Gasteiger partial charge on any atom is -0.332 e. The van der Waals surface area contributed by atoms with Crippen LogP contribution in [0.5, 0.6) is 0 Å². The Morgan fingerprint density at radius 3 is 2.28 bits per heavy atom. The van der Waals surface area contributed by atoms with E-state index in [1.54, 1.807) is 17.1 Å². The van der Waals surface area contributed by atoms with Gasteiger partial charge in [0.1, 0.15) is 0 Å². The Balaban J connectivity index is 1.46. The quantitative estimate of drug-likeness (QED) is 0.540. The third-order valence-corrected chi connectivity index (χ3v) is 7.76. The smallest absolute Gasteiger partial charge is 0.247 e. The van der Waals surface area contributed by atoms with Gasteiger partial charge in [-0.25, -0.2) is 13.1 Å². The van der Waals surface area contributed by atoms with Gasteiger partial charge in [-0.3, -0.25) is 4.79 Å². The highest BCUT2D eigenvalue weighted by Gasteiger charge is 2.41. The van der Waals surface area contributed by atoms with E-state index >= 15 is 0 Å². The largest absolute Gasteiger partial charge is 0.332 e. The number of nitrogens with zero attached hydrogens (tertiary/aromatic N) is 3. The third-order valence-electron chi connectivity index (χ3n) is 6.01. The lowest BCUT2D eigenvalue weighted by Gasteiger charge is -2.27. The topological polar surface area (TPSA) is 72.3 Å². The predicted molar refractivity (Wildman–Crippen MR) is 125 cm³/mol. The number of rotatable bonds is 6. The molecule has 1 atom stereocenters. The summed E-state index contributed by atoms with van der Waals surface area (Å²) in [5.74, 6) is 0.116. The molecule has 32 heavy (non-hydrogen) atoms. The van der Waals surface area contributed by atoms with E-state index in [0.29, 0.717) is 6.42 Å². The molecule has 6 nitrogen and oxygen atoms in total. The molecule has 2 aromatic carbocycles. The maximum absolute atomic E-state index is 13.1. The monoisotopic (exact) mass is 447 g/mol. The molecule has 0 bridgehead atoms. The minimum absolute atomic E-state index is 0.0737. The number of hydrogen-bond acceptors (Lipinski definition) is 4. The first-order valence-electron chi connectivity index (χ1n) is 10.9. The van der Waals surface area contributed by atoms with E-state index in [0.717, 1.165) is 35.3 Å². The maximum Gasteiger partial charge on any atom is 0.247 e. The van der Waals surface area contributed by atoms with Crippen LogP contribution in [0.3, 0.4) is 0 Å². The maximum atomic E-state index is 13.1. The highest BCUT2D eigenvalue weighted by molar-refractivity contribution is 7.91. The predicted octanol–water partition coefficient (Wildman–Crippen LogP) is 3.73. The summed E-state index contributed by atoms with van der Waals surface area (Å²) in [7, 11) is -3.05. The number of para-hydroxylation sites is 1. The summed E-state index contributed by atoms with van der Waals surface area (Å²) in [5.41, 5.74) is 3.53. The summed E-state index contributed by atoms with van der Waals surface area (Å²) in [4.78, 5) is 14.9. The second-order valence-corrected chi connectivity index (χ2v) is 10.7. The molecule has 0 spiro atoms. The Kier molecular flexibility index (Phi) is 5.43. The second kappa shape index (κ2) is 8.39. The first-order chi connectivity index (χ1) is 15.5. The molecule has 1 unspecified atom stereocenters. The van der Waals surface area contributed by atoms with Gasteiger partial charge in [-0.2, -0.15) is 5.10 Å². The van der Waals surface area contributed by atoms with Crippen molar-refractivity contribution in [2.75, 3.05) is 11.5 Å². The van der Waals surface area contributed by atoms with Crippen molar-refractivity contribution >= 4 is 21.8 Å². The van der Waals surface area contributed by atoms with E-state index in [1.165, 1.54) is 0 Å². The Bertz CT molecular complexity index is 1250. The van der Waals surface area contributed by atoms with Crippen LogP contribution < -0.4 is 0 Å². The summed E-state index contributed by atoms with van der Waals surface area (Å²) in [6, 6.07) is 19.7. The lowest BCUT2D eigenvalue weighted by atomic mass is 10.1. The van der Waals surface area contributed by atoms with Gasteiger partial charge >= 0.3 is 0 Å². The van der Waals surface area contributed by atoms with Crippen LogP contribution in [-0.2, 0) is 14.6 Å². The van der Waals surface area contributed by atoms with E-state index in [4.69, 9.17) is 5.10 Å². The summed E-state index contributed by atoms with van der Waals surface area (Å²) in [6.45, 7) is 0. The van der Waals surface area contributed by atoms with Gasteiger partial charge in [0.25, 0.3) is 0 Å². The number of carbonyl (C=O) groups excluding carboxylic acids is 1. The normalized spacial score (nSPS) is 19.9. The summed E-state index contributed by atoms with van der Waals surface area (Å²) < 4.78 is 25.7. The van der Waals surface area contributed by atoms with Crippen molar-refractivity contribution in [3.63, 3.8) is 0 Å². The van der Waals surface area contributed by atoms with Crippen molar-refractivity contribution in [1.82, 2.24) is 14.7 Å². The number of carbonyl (C=O) groups is 1. The highest BCUT2D eigenvalue weighted by Crippen LogP contribution is 2.33. The average molecular weight is 448 g/mol.